The summed E-state index contributed by atoms with van der Waals surface area (Å²) in [6, 6.07) is 0.577. The highest BCUT2D eigenvalue weighted by Gasteiger charge is 1.97. The zero-order valence-corrected chi connectivity index (χ0v) is 8.18. The quantitative estimate of drug-likeness (QED) is 0.535. The van der Waals surface area contributed by atoms with Gasteiger partial charge in [-0.1, -0.05) is 13.3 Å². The average Bonchev–Trinajstić information content (AvgIpc) is 2.05. The minimum absolute atomic E-state index is 0.116. The van der Waals surface area contributed by atoms with Gasteiger partial charge in [0.15, 0.2) is 0 Å². The Kier molecular flexibility index (Phi) is 8.88. The fourth-order valence-electron chi connectivity index (χ4n) is 1.08. The Hall–Kier alpha value is -0.120. The van der Waals surface area contributed by atoms with Crippen LogP contribution in [0.1, 0.15) is 26.7 Å². The third-order valence-corrected chi connectivity index (χ3v) is 1.70. The van der Waals surface area contributed by atoms with Gasteiger partial charge in [0, 0.05) is 12.6 Å². The number of hydrogen-bond donors (Lipinski definition) is 2. The summed E-state index contributed by atoms with van der Waals surface area (Å²) in [4.78, 5) is 0. The van der Waals surface area contributed by atoms with Gasteiger partial charge in [0.05, 0.1) is 19.8 Å². The summed E-state index contributed by atoms with van der Waals surface area (Å²) in [7, 11) is 0. The standard InChI is InChI=1S/C9H21NO2/c1-3-4-9(2)10-5-7-12-8-6-11/h9-11H,3-8H2,1-2H3. The van der Waals surface area contributed by atoms with Gasteiger partial charge >= 0.3 is 0 Å². The van der Waals surface area contributed by atoms with Gasteiger partial charge in [0.2, 0.25) is 0 Å². The summed E-state index contributed by atoms with van der Waals surface area (Å²) in [6.07, 6.45) is 2.42. The van der Waals surface area contributed by atoms with E-state index < -0.39 is 0 Å². The molecule has 0 aliphatic heterocycles. The topological polar surface area (TPSA) is 41.5 Å². The molecule has 0 heterocycles. The largest absolute Gasteiger partial charge is 0.394 e. The van der Waals surface area contributed by atoms with Crippen LogP contribution < -0.4 is 5.32 Å². The fourth-order valence-corrected chi connectivity index (χ4v) is 1.08. The summed E-state index contributed by atoms with van der Waals surface area (Å²) in [5.41, 5.74) is 0. The molecule has 0 saturated carbocycles. The molecule has 0 aliphatic rings. The fraction of sp³-hybridized carbons (Fsp3) is 1.00. The van der Waals surface area contributed by atoms with Gasteiger partial charge in [0.25, 0.3) is 0 Å². The molecule has 0 fully saturated rings. The molecular formula is C9H21NO2. The van der Waals surface area contributed by atoms with Crippen LogP contribution in [-0.4, -0.2) is 37.5 Å². The summed E-state index contributed by atoms with van der Waals surface area (Å²) in [5, 5.41) is 11.7. The minimum Gasteiger partial charge on any atom is -0.394 e. The summed E-state index contributed by atoms with van der Waals surface area (Å²) in [5.74, 6) is 0. The molecule has 0 aromatic heterocycles. The Morgan fingerprint density at radius 2 is 2.17 bits per heavy atom. The Balaban J connectivity index is 2.97. The normalized spacial score (nSPS) is 13.2. The first kappa shape index (κ1) is 11.9. The van der Waals surface area contributed by atoms with Crippen molar-refractivity contribution in [1.82, 2.24) is 5.32 Å². The molecule has 0 rings (SSSR count). The van der Waals surface area contributed by atoms with E-state index in [-0.39, 0.29) is 6.61 Å². The van der Waals surface area contributed by atoms with Crippen LogP contribution in [-0.2, 0) is 4.74 Å². The summed E-state index contributed by atoms with van der Waals surface area (Å²) >= 11 is 0. The monoisotopic (exact) mass is 175 g/mol. The molecule has 1 unspecified atom stereocenters. The van der Waals surface area contributed by atoms with Crippen molar-refractivity contribution < 1.29 is 9.84 Å². The van der Waals surface area contributed by atoms with Crippen LogP contribution in [0.25, 0.3) is 0 Å². The van der Waals surface area contributed by atoms with Crippen LogP contribution in [0.5, 0.6) is 0 Å². The van der Waals surface area contributed by atoms with Crippen molar-refractivity contribution in [2.24, 2.45) is 0 Å². The Bertz CT molecular complexity index is 88.6. The van der Waals surface area contributed by atoms with Gasteiger partial charge in [-0.05, 0) is 13.3 Å². The summed E-state index contributed by atoms with van der Waals surface area (Å²) in [6.45, 7) is 6.49. The molecule has 0 aromatic rings. The maximum absolute atomic E-state index is 8.41. The molecule has 0 bridgehead atoms. The maximum Gasteiger partial charge on any atom is 0.0698 e. The van der Waals surface area contributed by atoms with E-state index in [1.165, 1.54) is 12.8 Å². The van der Waals surface area contributed by atoms with Crippen molar-refractivity contribution in [2.45, 2.75) is 32.7 Å². The van der Waals surface area contributed by atoms with Crippen molar-refractivity contribution in [3.8, 4) is 0 Å². The van der Waals surface area contributed by atoms with E-state index in [0.29, 0.717) is 19.3 Å². The van der Waals surface area contributed by atoms with E-state index in [4.69, 9.17) is 9.84 Å². The third-order valence-electron chi connectivity index (χ3n) is 1.70. The Morgan fingerprint density at radius 3 is 2.75 bits per heavy atom. The molecule has 0 radical (unpaired) electrons. The molecule has 2 N–H and O–H groups in total. The Morgan fingerprint density at radius 1 is 1.42 bits per heavy atom. The average molecular weight is 175 g/mol. The minimum atomic E-state index is 0.116. The van der Waals surface area contributed by atoms with Crippen LogP contribution >= 0.6 is 0 Å². The number of hydrogen-bond acceptors (Lipinski definition) is 3. The molecule has 74 valence electrons. The van der Waals surface area contributed by atoms with Crippen LogP contribution in [0.2, 0.25) is 0 Å². The first-order chi connectivity index (χ1) is 5.81. The summed E-state index contributed by atoms with van der Waals surface area (Å²) < 4.78 is 5.10. The van der Waals surface area contributed by atoms with E-state index >= 15 is 0 Å². The van der Waals surface area contributed by atoms with Gasteiger partial charge in [-0.2, -0.15) is 0 Å². The lowest BCUT2D eigenvalue weighted by Crippen LogP contribution is -2.29. The zero-order valence-electron chi connectivity index (χ0n) is 8.18. The smallest absolute Gasteiger partial charge is 0.0698 e. The van der Waals surface area contributed by atoms with Crippen molar-refractivity contribution in [3.05, 3.63) is 0 Å². The second-order valence-electron chi connectivity index (χ2n) is 2.98. The van der Waals surface area contributed by atoms with Gasteiger partial charge in [-0.15, -0.1) is 0 Å². The van der Waals surface area contributed by atoms with Crippen LogP contribution in [0.4, 0.5) is 0 Å². The molecule has 3 heteroatoms. The van der Waals surface area contributed by atoms with E-state index in [0.717, 1.165) is 6.54 Å². The second kappa shape index (κ2) is 8.97. The predicted molar refractivity (Wildman–Crippen MR) is 50.3 cm³/mol. The third kappa shape index (κ3) is 7.98. The van der Waals surface area contributed by atoms with E-state index in [9.17, 15) is 0 Å². The lowest BCUT2D eigenvalue weighted by molar-refractivity contribution is 0.0927. The lowest BCUT2D eigenvalue weighted by atomic mass is 10.2. The molecule has 0 aliphatic carbocycles. The van der Waals surface area contributed by atoms with Gasteiger partial charge < -0.3 is 15.2 Å². The number of nitrogens with one attached hydrogen (secondary N) is 1. The predicted octanol–water partition coefficient (Wildman–Crippen LogP) is 0.774. The highest BCUT2D eigenvalue weighted by Crippen LogP contribution is 1.93. The molecule has 0 aromatic carbocycles. The molecule has 3 nitrogen and oxygen atoms in total. The first-order valence-corrected chi connectivity index (χ1v) is 4.73. The van der Waals surface area contributed by atoms with Gasteiger partial charge in [-0.3, -0.25) is 0 Å². The second-order valence-corrected chi connectivity index (χ2v) is 2.98. The first-order valence-electron chi connectivity index (χ1n) is 4.73. The molecule has 0 spiro atoms. The number of rotatable bonds is 8. The number of aliphatic hydroxyl groups excluding tert-OH is 1. The number of ether oxygens (including phenoxy) is 1. The molecule has 12 heavy (non-hydrogen) atoms. The molecule has 0 amide bonds. The highest BCUT2D eigenvalue weighted by molar-refractivity contribution is 4.58. The van der Waals surface area contributed by atoms with Crippen LogP contribution in [0.3, 0.4) is 0 Å². The SMILES string of the molecule is CCCC(C)NCCOCCO. The molecular weight excluding hydrogens is 154 g/mol. The van der Waals surface area contributed by atoms with Crippen LogP contribution in [0, 0.1) is 0 Å². The van der Waals surface area contributed by atoms with Gasteiger partial charge in [-0.25, -0.2) is 0 Å². The van der Waals surface area contributed by atoms with Crippen molar-refractivity contribution >= 4 is 0 Å². The van der Waals surface area contributed by atoms with Crippen molar-refractivity contribution in [3.63, 3.8) is 0 Å². The van der Waals surface area contributed by atoms with E-state index in [2.05, 4.69) is 19.2 Å². The van der Waals surface area contributed by atoms with Crippen molar-refractivity contribution in [1.29, 1.82) is 0 Å². The number of aliphatic hydroxyl groups is 1. The highest BCUT2D eigenvalue weighted by atomic mass is 16.5. The molecule has 1 atom stereocenters. The molecule has 0 saturated heterocycles. The van der Waals surface area contributed by atoms with Crippen molar-refractivity contribution in [2.75, 3.05) is 26.4 Å². The van der Waals surface area contributed by atoms with Gasteiger partial charge in [0.1, 0.15) is 0 Å². The van der Waals surface area contributed by atoms with E-state index in [1.54, 1.807) is 0 Å². The maximum atomic E-state index is 8.41. The zero-order chi connectivity index (χ0) is 9.23. The Labute approximate surface area is 75.1 Å². The van der Waals surface area contributed by atoms with Crippen LogP contribution in [0.15, 0.2) is 0 Å². The van der Waals surface area contributed by atoms with E-state index in [1.807, 2.05) is 0 Å². The lowest BCUT2D eigenvalue weighted by Gasteiger charge is -2.12.